The van der Waals surface area contributed by atoms with Crippen molar-refractivity contribution in [2.75, 3.05) is 6.61 Å². The van der Waals surface area contributed by atoms with Gasteiger partial charge in [0, 0.05) is 16.7 Å². The van der Waals surface area contributed by atoms with Gasteiger partial charge in [0.2, 0.25) is 5.78 Å². The van der Waals surface area contributed by atoms with E-state index in [0.717, 1.165) is 18.4 Å². The Bertz CT molecular complexity index is 1060. The zero-order valence-corrected chi connectivity index (χ0v) is 22.6. The zero-order chi connectivity index (χ0) is 26.5. The van der Waals surface area contributed by atoms with Gasteiger partial charge in [-0.3, -0.25) is 14.4 Å². The third kappa shape index (κ3) is 3.45. The third-order valence-corrected chi connectivity index (χ3v) is 9.85. The number of aliphatic hydroxyl groups excluding tert-OH is 1. The molecular weight excluding hydrogens is 460 g/mol. The molecule has 4 aliphatic carbocycles. The molecule has 0 aromatic carbocycles. The van der Waals surface area contributed by atoms with Gasteiger partial charge in [-0.15, -0.1) is 0 Å². The van der Waals surface area contributed by atoms with E-state index in [1.807, 2.05) is 19.9 Å². The van der Waals surface area contributed by atoms with Gasteiger partial charge < -0.3 is 19.3 Å². The first-order valence-corrected chi connectivity index (χ1v) is 13.3. The number of allylic oxidation sites excluding steroid dienone is 4. The molecule has 1 N–H and O–H groups in total. The molecule has 1 saturated heterocycles. The minimum absolute atomic E-state index is 0.00449. The third-order valence-electron chi connectivity index (χ3n) is 9.85. The second-order valence-corrected chi connectivity index (χ2v) is 13.5. The highest BCUT2D eigenvalue weighted by Gasteiger charge is 2.77. The summed E-state index contributed by atoms with van der Waals surface area (Å²) in [5.41, 5.74) is -2.03. The highest BCUT2D eigenvalue weighted by Crippen LogP contribution is 2.70. The van der Waals surface area contributed by atoms with E-state index >= 15 is 0 Å². The molecule has 0 amide bonds. The molecule has 36 heavy (non-hydrogen) atoms. The molecule has 0 bridgehead atoms. The van der Waals surface area contributed by atoms with Crippen LogP contribution in [0, 0.1) is 34.0 Å². The molecule has 8 atom stereocenters. The zero-order valence-electron chi connectivity index (χ0n) is 22.6. The van der Waals surface area contributed by atoms with Gasteiger partial charge in [0.1, 0.15) is 0 Å². The highest BCUT2D eigenvalue weighted by atomic mass is 16.8. The smallest absolute Gasteiger partial charge is 0.311 e. The fourth-order valence-corrected chi connectivity index (χ4v) is 8.38. The number of hydrogen-bond acceptors (Lipinski definition) is 7. The van der Waals surface area contributed by atoms with Crippen molar-refractivity contribution in [3.8, 4) is 0 Å². The van der Waals surface area contributed by atoms with E-state index in [2.05, 4.69) is 13.8 Å². The highest BCUT2D eigenvalue weighted by molar-refractivity contribution is 6.01. The average molecular weight is 501 g/mol. The molecule has 4 fully saturated rings. The minimum Gasteiger partial charge on any atom is -0.457 e. The van der Waals surface area contributed by atoms with Crippen molar-refractivity contribution in [2.45, 2.75) is 97.7 Å². The Morgan fingerprint density at radius 1 is 1.19 bits per heavy atom. The van der Waals surface area contributed by atoms with Crippen LogP contribution >= 0.6 is 0 Å². The van der Waals surface area contributed by atoms with Crippen molar-refractivity contribution in [1.82, 2.24) is 0 Å². The summed E-state index contributed by atoms with van der Waals surface area (Å²) in [6.07, 6.45) is 6.81. The summed E-state index contributed by atoms with van der Waals surface area (Å²) in [5, 5.41) is 11.7. The second kappa shape index (κ2) is 7.84. The molecule has 0 aromatic rings. The van der Waals surface area contributed by atoms with Gasteiger partial charge >= 0.3 is 5.97 Å². The summed E-state index contributed by atoms with van der Waals surface area (Å²) in [5.74, 6) is -1.53. The molecule has 2 unspecified atom stereocenters. The number of carbonyl (C=O) groups excluding carboxylic acids is 3. The topological polar surface area (TPSA) is 99.1 Å². The van der Waals surface area contributed by atoms with E-state index in [1.54, 1.807) is 32.9 Å². The second-order valence-electron chi connectivity index (χ2n) is 13.5. The molecule has 0 spiro atoms. The van der Waals surface area contributed by atoms with Crippen LogP contribution in [0.1, 0.15) is 74.1 Å². The van der Waals surface area contributed by atoms with Crippen LogP contribution in [0.3, 0.4) is 0 Å². The lowest BCUT2D eigenvalue weighted by atomic mass is 9.46. The largest absolute Gasteiger partial charge is 0.457 e. The maximum absolute atomic E-state index is 14.0. The van der Waals surface area contributed by atoms with Gasteiger partial charge in [-0.25, -0.2) is 0 Å². The van der Waals surface area contributed by atoms with E-state index in [1.165, 1.54) is 0 Å². The molecule has 198 valence electrons. The number of ether oxygens (including phenoxy) is 3. The van der Waals surface area contributed by atoms with Crippen molar-refractivity contribution in [2.24, 2.45) is 34.0 Å². The SMILES string of the molecule is CC1(C)O[C@H]2C[C@H]3C4CCC5=CC(=O)C=C[C@]5(C)[C@@H]4C(O)C[C@]3(C)[C@]2(C(=O)COC(=O)C(C)(C)C)O1. The lowest BCUT2D eigenvalue weighted by molar-refractivity contribution is -0.226. The Hall–Kier alpha value is -1.83. The lowest BCUT2D eigenvalue weighted by Crippen LogP contribution is -2.64. The molecule has 1 heterocycles. The molecule has 7 heteroatoms. The molecule has 0 aromatic heterocycles. The van der Waals surface area contributed by atoms with Crippen LogP contribution in [-0.2, 0) is 28.6 Å². The van der Waals surface area contributed by atoms with Gasteiger partial charge in [0.15, 0.2) is 23.8 Å². The Morgan fingerprint density at radius 2 is 1.89 bits per heavy atom. The molecule has 7 nitrogen and oxygen atoms in total. The van der Waals surface area contributed by atoms with Gasteiger partial charge in [-0.1, -0.05) is 25.5 Å². The van der Waals surface area contributed by atoms with E-state index in [0.29, 0.717) is 12.8 Å². The predicted molar refractivity (Wildman–Crippen MR) is 132 cm³/mol. The Labute approximate surface area is 213 Å². The maximum atomic E-state index is 14.0. The number of fused-ring (bicyclic) bond motifs is 7. The standard InChI is InChI=1S/C29H40O7/c1-25(2,3)24(33)34-15-21(32)29-22(35-26(4,5)36-29)13-19-18-9-8-16-12-17(30)10-11-27(16,6)23(18)20(31)14-28(19,29)7/h10-12,18-20,22-23,31H,8-9,13-15H2,1-7H3/t18?,19-,20?,22-,23-,27-,28-,29+/m0/s1. The van der Waals surface area contributed by atoms with E-state index in [-0.39, 0.29) is 35.9 Å². The normalized spacial score (nSPS) is 44.7. The van der Waals surface area contributed by atoms with Crippen molar-refractivity contribution < 1.29 is 33.7 Å². The van der Waals surface area contributed by atoms with E-state index in [4.69, 9.17) is 14.2 Å². The molecule has 0 radical (unpaired) electrons. The monoisotopic (exact) mass is 500 g/mol. The van der Waals surface area contributed by atoms with E-state index < -0.39 is 45.8 Å². The van der Waals surface area contributed by atoms with Crippen LogP contribution in [0.15, 0.2) is 23.8 Å². The fourth-order valence-electron chi connectivity index (χ4n) is 8.38. The van der Waals surface area contributed by atoms with Crippen molar-refractivity contribution in [1.29, 1.82) is 0 Å². The predicted octanol–water partition coefficient (Wildman–Crippen LogP) is 3.92. The maximum Gasteiger partial charge on any atom is 0.311 e. The number of Topliss-reactive ketones (excluding diaryl/α,β-unsaturated/α-hetero) is 1. The van der Waals surface area contributed by atoms with Crippen LogP contribution in [-0.4, -0.2) is 52.8 Å². The van der Waals surface area contributed by atoms with Crippen LogP contribution < -0.4 is 0 Å². The quantitative estimate of drug-likeness (QED) is 0.586. The minimum atomic E-state index is -1.30. The van der Waals surface area contributed by atoms with Gasteiger partial charge in [0.25, 0.3) is 0 Å². The van der Waals surface area contributed by atoms with Gasteiger partial charge in [0.05, 0.1) is 17.6 Å². The number of carbonyl (C=O) groups is 3. The van der Waals surface area contributed by atoms with Crippen LogP contribution in [0.5, 0.6) is 0 Å². The summed E-state index contributed by atoms with van der Waals surface area (Å²) in [6.45, 7) is 12.7. The van der Waals surface area contributed by atoms with Crippen molar-refractivity contribution in [3.63, 3.8) is 0 Å². The van der Waals surface area contributed by atoms with Crippen molar-refractivity contribution >= 4 is 17.5 Å². The number of esters is 1. The number of rotatable bonds is 3. The summed E-state index contributed by atoms with van der Waals surface area (Å²) >= 11 is 0. The summed E-state index contributed by atoms with van der Waals surface area (Å²) in [6, 6.07) is 0. The molecule has 5 aliphatic rings. The van der Waals surface area contributed by atoms with Crippen LogP contribution in [0.4, 0.5) is 0 Å². The molecule has 5 rings (SSSR count). The average Bonchev–Trinajstić information content (AvgIpc) is 3.17. The van der Waals surface area contributed by atoms with Crippen LogP contribution in [0.2, 0.25) is 0 Å². The van der Waals surface area contributed by atoms with Gasteiger partial charge in [-0.05, 0) is 84.3 Å². The molecular formula is C29H40O7. The van der Waals surface area contributed by atoms with Gasteiger partial charge in [-0.2, -0.15) is 0 Å². The Kier molecular flexibility index (Phi) is 5.62. The summed E-state index contributed by atoms with van der Waals surface area (Å²) in [4.78, 5) is 38.6. The summed E-state index contributed by atoms with van der Waals surface area (Å²) in [7, 11) is 0. The first-order chi connectivity index (χ1) is 16.5. The lowest BCUT2D eigenvalue weighted by Gasteiger charge is -2.59. The first kappa shape index (κ1) is 25.8. The fraction of sp³-hybridized carbons (Fsp3) is 0.759. The number of hydrogen-bond donors (Lipinski definition) is 1. The molecule has 1 aliphatic heterocycles. The number of aliphatic hydroxyl groups is 1. The van der Waals surface area contributed by atoms with Crippen LogP contribution in [0.25, 0.3) is 0 Å². The van der Waals surface area contributed by atoms with Crippen molar-refractivity contribution in [3.05, 3.63) is 23.8 Å². The first-order valence-electron chi connectivity index (χ1n) is 13.3. The van der Waals surface area contributed by atoms with E-state index in [9.17, 15) is 19.5 Å². The number of ketones is 2. The summed E-state index contributed by atoms with van der Waals surface area (Å²) < 4.78 is 18.4. The molecule has 3 saturated carbocycles. The Morgan fingerprint density at radius 3 is 2.56 bits per heavy atom. The Balaban J connectivity index is 1.51.